The topological polar surface area (TPSA) is 32.3 Å². The van der Waals surface area contributed by atoms with E-state index in [0.29, 0.717) is 18.5 Å². The highest BCUT2D eigenvalue weighted by Crippen LogP contribution is 2.28. The van der Waals surface area contributed by atoms with Crippen molar-refractivity contribution >= 4 is 5.91 Å². The van der Waals surface area contributed by atoms with Crippen LogP contribution in [0.4, 0.5) is 0 Å². The van der Waals surface area contributed by atoms with Crippen molar-refractivity contribution in [3.8, 4) is 0 Å². The zero-order valence-corrected chi connectivity index (χ0v) is 9.67. The van der Waals surface area contributed by atoms with Crippen molar-refractivity contribution in [2.75, 3.05) is 19.6 Å². The predicted molar refractivity (Wildman–Crippen MR) is 60.6 cm³/mol. The SMILES string of the molecule is CCCN(C(=O)CNCC1CC1)C1CC1. The minimum absolute atomic E-state index is 0.306. The van der Waals surface area contributed by atoms with Crippen LogP contribution in [-0.4, -0.2) is 36.5 Å². The molecule has 0 atom stereocenters. The van der Waals surface area contributed by atoms with E-state index in [-0.39, 0.29) is 0 Å². The van der Waals surface area contributed by atoms with Crippen molar-refractivity contribution in [3.05, 3.63) is 0 Å². The minimum Gasteiger partial charge on any atom is -0.339 e. The summed E-state index contributed by atoms with van der Waals surface area (Å²) >= 11 is 0. The maximum Gasteiger partial charge on any atom is 0.236 e. The third-order valence-electron chi connectivity index (χ3n) is 3.18. The lowest BCUT2D eigenvalue weighted by atomic mass is 10.3. The number of amides is 1. The van der Waals surface area contributed by atoms with Crippen molar-refractivity contribution in [3.63, 3.8) is 0 Å². The maximum atomic E-state index is 11.9. The molecule has 2 fully saturated rings. The fourth-order valence-corrected chi connectivity index (χ4v) is 1.94. The lowest BCUT2D eigenvalue weighted by molar-refractivity contribution is -0.130. The van der Waals surface area contributed by atoms with Gasteiger partial charge in [0.25, 0.3) is 0 Å². The minimum atomic E-state index is 0.306. The molecule has 0 saturated heterocycles. The molecule has 2 aliphatic carbocycles. The van der Waals surface area contributed by atoms with Gasteiger partial charge in [-0.05, 0) is 44.6 Å². The lowest BCUT2D eigenvalue weighted by Crippen LogP contribution is -2.40. The second-order valence-electron chi connectivity index (χ2n) is 4.89. The summed E-state index contributed by atoms with van der Waals surface area (Å²) in [6.07, 6.45) is 6.21. The average molecular weight is 210 g/mol. The van der Waals surface area contributed by atoms with Gasteiger partial charge in [0.2, 0.25) is 5.91 Å². The van der Waals surface area contributed by atoms with Crippen molar-refractivity contribution in [1.29, 1.82) is 0 Å². The first kappa shape index (κ1) is 10.9. The van der Waals surface area contributed by atoms with Gasteiger partial charge in [-0.15, -0.1) is 0 Å². The van der Waals surface area contributed by atoms with E-state index >= 15 is 0 Å². The van der Waals surface area contributed by atoms with Crippen LogP contribution in [0.1, 0.15) is 39.0 Å². The first-order valence-electron chi connectivity index (χ1n) is 6.31. The van der Waals surface area contributed by atoms with Crippen LogP contribution in [0.15, 0.2) is 0 Å². The Morgan fingerprint density at radius 1 is 1.33 bits per heavy atom. The summed E-state index contributed by atoms with van der Waals surface area (Å²) in [5, 5.41) is 3.28. The molecule has 0 aliphatic heterocycles. The Labute approximate surface area is 92.2 Å². The van der Waals surface area contributed by atoms with Crippen molar-refractivity contribution < 1.29 is 4.79 Å². The van der Waals surface area contributed by atoms with Crippen LogP contribution in [0.25, 0.3) is 0 Å². The van der Waals surface area contributed by atoms with Crippen molar-refractivity contribution in [2.24, 2.45) is 5.92 Å². The van der Waals surface area contributed by atoms with Crippen LogP contribution < -0.4 is 5.32 Å². The van der Waals surface area contributed by atoms with Gasteiger partial charge in [0.05, 0.1) is 6.54 Å². The van der Waals surface area contributed by atoms with Gasteiger partial charge in [-0.3, -0.25) is 4.79 Å². The van der Waals surface area contributed by atoms with Crippen LogP contribution in [0, 0.1) is 5.92 Å². The summed E-state index contributed by atoms with van der Waals surface area (Å²) in [5.41, 5.74) is 0. The fraction of sp³-hybridized carbons (Fsp3) is 0.917. The van der Waals surface area contributed by atoms with E-state index in [1.165, 1.54) is 25.7 Å². The predicted octanol–water partition coefficient (Wildman–Crippen LogP) is 1.39. The van der Waals surface area contributed by atoms with Gasteiger partial charge in [-0.25, -0.2) is 0 Å². The second-order valence-corrected chi connectivity index (χ2v) is 4.89. The van der Waals surface area contributed by atoms with Gasteiger partial charge < -0.3 is 10.2 Å². The normalized spacial score (nSPS) is 20.3. The number of carbonyl (C=O) groups is 1. The molecule has 0 aromatic rings. The summed E-state index contributed by atoms with van der Waals surface area (Å²) in [4.78, 5) is 13.9. The van der Waals surface area contributed by atoms with Gasteiger partial charge >= 0.3 is 0 Å². The highest BCUT2D eigenvalue weighted by atomic mass is 16.2. The quantitative estimate of drug-likeness (QED) is 0.688. The number of hydrogen-bond donors (Lipinski definition) is 1. The molecule has 86 valence electrons. The Morgan fingerprint density at radius 2 is 2.07 bits per heavy atom. The van der Waals surface area contributed by atoms with Gasteiger partial charge in [0, 0.05) is 12.6 Å². The van der Waals surface area contributed by atoms with E-state index in [4.69, 9.17) is 0 Å². The van der Waals surface area contributed by atoms with Crippen LogP contribution >= 0.6 is 0 Å². The highest BCUT2D eigenvalue weighted by molar-refractivity contribution is 5.78. The zero-order valence-electron chi connectivity index (χ0n) is 9.67. The summed E-state index contributed by atoms with van der Waals surface area (Å²) in [7, 11) is 0. The van der Waals surface area contributed by atoms with E-state index in [2.05, 4.69) is 17.1 Å². The van der Waals surface area contributed by atoms with E-state index in [9.17, 15) is 4.79 Å². The highest BCUT2D eigenvalue weighted by Gasteiger charge is 2.31. The number of rotatable bonds is 7. The molecule has 0 aromatic carbocycles. The average Bonchev–Trinajstić information content (AvgIpc) is 3.05. The van der Waals surface area contributed by atoms with E-state index in [1.54, 1.807) is 0 Å². The Hall–Kier alpha value is -0.570. The Balaban J connectivity index is 1.66. The van der Waals surface area contributed by atoms with E-state index < -0.39 is 0 Å². The molecule has 0 aromatic heterocycles. The molecule has 3 heteroatoms. The molecule has 2 aliphatic rings. The number of nitrogens with zero attached hydrogens (tertiary/aromatic N) is 1. The summed E-state index contributed by atoms with van der Waals surface area (Å²) in [5.74, 6) is 1.17. The standard InChI is InChI=1S/C12H22N2O/c1-2-7-14(11-5-6-11)12(15)9-13-8-10-3-4-10/h10-11,13H,2-9H2,1H3. The summed E-state index contributed by atoms with van der Waals surface area (Å²) in [6, 6.07) is 0.570. The van der Waals surface area contributed by atoms with Gasteiger partial charge in [0.15, 0.2) is 0 Å². The van der Waals surface area contributed by atoms with Crippen LogP contribution in [0.2, 0.25) is 0 Å². The third-order valence-corrected chi connectivity index (χ3v) is 3.18. The van der Waals surface area contributed by atoms with Crippen molar-refractivity contribution in [2.45, 2.75) is 45.1 Å². The van der Waals surface area contributed by atoms with E-state index in [0.717, 1.165) is 25.4 Å². The number of nitrogens with one attached hydrogen (secondary N) is 1. The molecule has 0 spiro atoms. The first-order valence-corrected chi connectivity index (χ1v) is 6.31. The number of carbonyl (C=O) groups excluding carboxylic acids is 1. The largest absolute Gasteiger partial charge is 0.339 e. The molecular formula is C12H22N2O. The molecule has 0 unspecified atom stereocenters. The van der Waals surface area contributed by atoms with Crippen LogP contribution in [0.3, 0.4) is 0 Å². The summed E-state index contributed by atoms with van der Waals surface area (Å²) < 4.78 is 0. The van der Waals surface area contributed by atoms with Gasteiger partial charge in [-0.1, -0.05) is 6.92 Å². The smallest absolute Gasteiger partial charge is 0.236 e. The molecule has 15 heavy (non-hydrogen) atoms. The molecule has 0 heterocycles. The molecular weight excluding hydrogens is 188 g/mol. The first-order chi connectivity index (χ1) is 7.31. The maximum absolute atomic E-state index is 11.9. The number of hydrogen-bond acceptors (Lipinski definition) is 2. The van der Waals surface area contributed by atoms with Gasteiger partial charge in [-0.2, -0.15) is 0 Å². The molecule has 3 nitrogen and oxygen atoms in total. The third kappa shape index (κ3) is 3.49. The summed E-state index contributed by atoms with van der Waals surface area (Å²) in [6.45, 7) is 4.66. The molecule has 2 rings (SSSR count). The Kier molecular flexibility index (Phi) is 3.62. The molecule has 1 amide bonds. The molecule has 0 bridgehead atoms. The fourth-order valence-electron chi connectivity index (χ4n) is 1.94. The Morgan fingerprint density at radius 3 is 2.60 bits per heavy atom. The van der Waals surface area contributed by atoms with E-state index in [1.807, 2.05) is 0 Å². The molecule has 1 N–H and O–H groups in total. The lowest BCUT2D eigenvalue weighted by Gasteiger charge is -2.21. The molecule has 2 saturated carbocycles. The van der Waals surface area contributed by atoms with Crippen LogP contribution in [-0.2, 0) is 4.79 Å². The van der Waals surface area contributed by atoms with Crippen LogP contribution in [0.5, 0.6) is 0 Å². The Bertz CT molecular complexity index is 222. The monoisotopic (exact) mass is 210 g/mol. The molecule has 0 radical (unpaired) electrons. The zero-order chi connectivity index (χ0) is 10.7. The van der Waals surface area contributed by atoms with Gasteiger partial charge in [0.1, 0.15) is 0 Å². The second kappa shape index (κ2) is 4.97. The van der Waals surface area contributed by atoms with Crippen molar-refractivity contribution in [1.82, 2.24) is 10.2 Å².